The van der Waals surface area contributed by atoms with Crippen LogP contribution < -0.4 is 5.73 Å². The van der Waals surface area contributed by atoms with E-state index in [1.165, 1.54) is 6.20 Å². The minimum atomic E-state index is -0.520. The molecule has 3 nitrogen and oxygen atoms in total. The van der Waals surface area contributed by atoms with E-state index in [1.54, 1.807) is 12.1 Å². The topological polar surface area (TPSA) is 59.1 Å². The van der Waals surface area contributed by atoms with Gasteiger partial charge in [0.15, 0.2) is 0 Å². The maximum absolute atomic E-state index is 13.0. The van der Waals surface area contributed by atoms with Gasteiger partial charge < -0.3 is 10.8 Å². The van der Waals surface area contributed by atoms with Gasteiger partial charge >= 0.3 is 0 Å². The Morgan fingerprint density at radius 2 is 2.29 bits per heavy atom. The van der Waals surface area contributed by atoms with E-state index in [2.05, 4.69) is 4.98 Å². The second-order valence-corrected chi connectivity index (χ2v) is 2.86. The number of hydrogen-bond acceptors (Lipinski definition) is 3. The lowest BCUT2D eigenvalue weighted by Gasteiger charge is -2.10. The summed E-state index contributed by atoms with van der Waals surface area (Å²) < 4.78 is 13.0. The van der Waals surface area contributed by atoms with Gasteiger partial charge in [0.05, 0.1) is 0 Å². The lowest BCUT2D eigenvalue weighted by Crippen LogP contribution is -2.13. The van der Waals surface area contributed by atoms with Crippen molar-refractivity contribution >= 4 is 12.4 Å². The highest BCUT2D eigenvalue weighted by Gasteiger charge is 2.10. The summed E-state index contributed by atoms with van der Waals surface area (Å²) >= 11 is 0. The number of nitrogens with two attached hydrogens (primary N) is 1. The SMILES string of the molecule is Cl.N[C@@H](CCCO)c1cccnc1F. The molecule has 0 fully saturated rings. The van der Waals surface area contributed by atoms with Crippen LogP contribution in [0.2, 0.25) is 0 Å². The second-order valence-electron chi connectivity index (χ2n) is 2.86. The van der Waals surface area contributed by atoms with Crippen molar-refractivity contribution in [1.82, 2.24) is 4.98 Å². The summed E-state index contributed by atoms with van der Waals surface area (Å²) in [4.78, 5) is 3.50. The third-order valence-corrected chi connectivity index (χ3v) is 1.86. The fraction of sp³-hybridized carbons (Fsp3) is 0.444. The first-order valence-corrected chi connectivity index (χ1v) is 4.22. The van der Waals surface area contributed by atoms with Crippen molar-refractivity contribution in [3.05, 3.63) is 29.8 Å². The first-order chi connectivity index (χ1) is 6.25. The molecule has 1 atom stereocenters. The molecule has 1 rings (SSSR count). The van der Waals surface area contributed by atoms with Crippen molar-refractivity contribution in [2.75, 3.05) is 6.61 Å². The van der Waals surface area contributed by atoms with Crippen LogP contribution in [0.25, 0.3) is 0 Å². The molecule has 1 aromatic heterocycles. The van der Waals surface area contributed by atoms with E-state index < -0.39 is 5.95 Å². The first kappa shape index (κ1) is 13.3. The number of rotatable bonds is 4. The average Bonchev–Trinajstić information content (AvgIpc) is 2.15. The highest BCUT2D eigenvalue weighted by Crippen LogP contribution is 2.16. The van der Waals surface area contributed by atoms with E-state index in [0.29, 0.717) is 18.4 Å². The minimum absolute atomic E-state index is 0. The molecule has 0 spiro atoms. The highest BCUT2D eigenvalue weighted by atomic mass is 35.5. The van der Waals surface area contributed by atoms with E-state index in [1.807, 2.05) is 0 Å². The predicted octanol–water partition coefficient (Wildman–Crippen LogP) is 1.41. The molecule has 14 heavy (non-hydrogen) atoms. The van der Waals surface area contributed by atoms with Crippen LogP contribution in [0.5, 0.6) is 0 Å². The molecule has 0 radical (unpaired) electrons. The van der Waals surface area contributed by atoms with Crippen LogP contribution in [0.3, 0.4) is 0 Å². The monoisotopic (exact) mass is 220 g/mol. The molecule has 0 aromatic carbocycles. The normalized spacial score (nSPS) is 11.9. The molecular formula is C9H14ClFN2O. The van der Waals surface area contributed by atoms with Gasteiger partial charge in [-0.15, -0.1) is 12.4 Å². The number of aliphatic hydroxyl groups is 1. The molecule has 5 heteroatoms. The Balaban J connectivity index is 0.00000169. The predicted molar refractivity (Wildman–Crippen MR) is 54.7 cm³/mol. The fourth-order valence-electron chi connectivity index (χ4n) is 1.14. The zero-order valence-corrected chi connectivity index (χ0v) is 8.51. The van der Waals surface area contributed by atoms with Gasteiger partial charge in [0.1, 0.15) is 0 Å². The molecule has 0 saturated heterocycles. The Kier molecular flexibility index (Phi) is 6.36. The summed E-state index contributed by atoms with van der Waals surface area (Å²) in [6.07, 6.45) is 2.53. The highest BCUT2D eigenvalue weighted by molar-refractivity contribution is 5.85. The summed E-state index contributed by atoms with van der Waals surface area (Å²) in [6.45, 7) is 0.0789. The maximum Gasteiger partial charge on any atom is 0.217 e. The van der Waals surface area contributed by atoms with Crippen molar-refractivity contribution in [1.29, 1.82) is 0 Å². The lowest BCUT2D eigenvalue weighted by atomic mass is 10.1. The molecule has 80 valence electrons. The number of halogens is 2. The lowest BCUT2D eigenvalue weighted by molar-refractivity contribution is 0.279. The average molecular weight is 221 g/mol. The molecule has 0 unspecified atom stereocenters. The summed E-state index contributed by atoms with van der Waals surface area (Å²) in [5.41, 5.74) is 6.10. The van der Waals surface area contributed by atoms with Crippen molar-refractivity contribution in [2.45, 2.75) is 18.9 Å². The number of pyridine rings is 1. The van der Waals surface area contributed by atoms with E-state index in [9.17, 15) is 4.39 Å². The summed E-state index contributed by atoms with van der Waals surface area (Å²) in [5, 5.41) is 8.57. The second kappa shape index (κ2) is 6.70. The van der Waals surface area contributed by atoms with Gasteiger partial charge in [0.25, 0.3) is 0 Å². The van der Waals surface area contributed by atoms with Crippen LogP contribution in [0.15, 0.2) is 18.3 Å². The summed E-state index contributed by atoms with van der Waals surface area (Å²) in [6, 6.07) is 2.89. The summed E-state index contributed by atoms with van der Waals surface area (Å²) in [7, 11) is 0. The van der Waals surface area contributed by atoms with Crippen LogP contribution in [0.1, 0.15) is 24.4 Å². The quantitative estimate of drug-likeness (QED) is 0.755. The van der Waals surface area contributed by atoms with Crippen LogP contribution in [-0.2, 0) is 0 Å². The molecular weight excluding hydrogens is 207 g/mol. The van der Waals surface area contributed by atoms with Gasteiger partial charge in [0, 0.05) is 24.4 Å². The van der Waals surface area contributed by atoms with Crippen molar-refractivity contribution in [3.8, 4) is 0 Å². The van der Waals surface area contributed by atoms with Gasteiger partial charge in [-0.2, -0.15) is 4.39 Å². The minimum Gasteiger partial charge on any atom is -0.396 e. The Morgan fingerprint density at radius 1 is 1.57 bits per heavy atom. The van der Waals surface area contributed by atoms with Crippen LogP contribution >= 0.6 is 12.4 Å². The van der Waals surface area contributed by atoms with Gasteiger partial charge in [-0.25, -0.2) is 4.98 Å². The molecule has 3 N–H and O–H groups in total. The standard InChI is InChI=1S/C9H13FN2O.ClH/c10-9-7(3-1-5-12-9)8(11)4-2-6-13;/h1,3,5,8,13H,2,4,6,11H2;1H/t8-;/m0./s1. The largest absolute Gasteiger partial charge is 0.396 e. The van der Waals surface area contributed by atoms with E-state index in [-0.39, 0.29) is 25.1 Å². The zero-order chi connectivity index (χ0) is 9.68. The van der Waals surface area contributed by atoms with Crippen molar-refractivity contribution < 1.29 is 9.50 Å². The molecule has 1 heterocycles. The van der Waals surface area contributed by atoms with Gasteiger partial charge in [-0.1, -0.05) is 6.07 Å². The molecule has 0 aliphatic heterocycles. The Morgan fingerprint density at radius 3 is 2.86 bits per heavy atom. The maximum atomic E-state index is 13.0. The third-order valence-electron chi connectivity index (χ3n) is 1.86. The molecule has 0 saturated carbocycles. The first-order valence-electron chi connectivity index (χ1n) is 4.22. The van der Waals surface area contributed by atoms with E-state index in [0.717, 1.165) is 0 Å². The summed E-state index contributed by atoms with van der Waals surface area (Å²) in [5.74, 6) is -0.520. The van der Waals surface area contributed by atoms with Crippen molar-refractivity contribution in [3.63, 3.8) is 0 Å². The van der Waals surface area contributed by atoms with Gasteiger partial charge in [-0.05, 0) is 18.9 Å². The molecule has 0 bridgehead atoms. The molecule has 0 aliphatic rings. The Hall–Kier alpha value is -0.710. The Bertz CT molecular complexity index is 273. The number of hydrogen-bond donors (Lipinski definition) is 2. The Labute approximate surface area is 88.6 Å². The molecule has 0 amide bonds. The zero-order valence-electron chi connectivity index (χ0n) is 7.69. The van der Waals surface area contributed by atoms with Crippen molar-refractivity contribution in [2.24, 2.45) is 5.73 Å². The molecule has 1 aromatic rings. The van der Waals surface area contributed by atoms with Crippen LogP contribution in [0.4, 0.5) is 4.39 Å². The van der Waals surface area contributed by atoms with Gasteiger partial charge in [-0.3, -0.25) is 0 Å². The molecule has 0 aliphatic carbocycles. The van der Waals surface area contributed by atoms with Crippen LogP contribution in [-0.4, -0.2) is 16.7 Å². The third kappa shape index (κ3) is 3.57. The number of nitrogens with zero attached hydrogens (tertiary/aromatic N) is 1. The van der Waals surface area contributed by atoms with Gasteiger partial charge in [0.2, 0.25) is 5.95 Å². The van der Waals surface area contributed by atoms with Crippen LogP contribution in [0, 0.1) is 5.95 Å². The fourth-order valence-corrected chi connectivity index (χ4v) is 1.14. The smallest absolute Gasteiger partial charge is 0.217 e. The number of aromatic nitrogens is 1. The van der Waals surface area contributed by atoms with E-state index >= 15 is 0 Å². The number of aliphatic hydroxyl groups excluding tert-OH is 1. The van der Waals surface area contributed by atoms with E-state index in [4.69, 9.17) is 10.8 Å².